The summed E-state index contributed by atoms with van der Waals surface area (Å²) >= 11 is 6.26. The summed E-state index contributed by atoms with van der Waals surface area (Å²) in [5, 5.41) is 21.2. The highest BCUT2D eigenvalue weighted by Crippen LogP contribution is 2.36. The van der Waals surface area contributed by atoms with Gasteiger partial charge in [-0.2, -0.15) is 0 Å². The van der Waals surface area contributed by atoms with Crippen molar-refractivity contribution in [1.82, 2.24) is 4.90 Å². The fraction of sp³-hybridized carbons (Fsp3) is 0.300. The Labute approximate surface area is 168 Å². The number of benzene rings is 2. The molecule has 0 radical (unpaired) electrons. The summed E-state index contributed by atoms with van der Waals surface area (Å²) in [6, 6.07) is 7.93. The molecule has 0 heterocycles. The third-order valence-electron chi connectivity index (χ3n) is 4.00. The van der Waals surface area contributed by atoms with Crippen LogP contribution >= 0.6 is 11.6 Å². The molecular formula is C20H23ClN2O5. The first-order chi connectivity index (χ1) is 13.2. The molecule has 0 bridgehead atoms. The van der Waals surface area contributed by atoms with E-state index in [-0.39, 0.29) is 16.5 Å². The second-order valence-corrected chi connectivity index (χ2v) is 6.90. The standard InChI is InChI=1S/C20H23ClN2O5/c1-4-7-23(3)11-13-9-15(5-6-17(13)24)28-18-12(2)8-14(10-16(18)21)22-19(25)20(26)27/h5-6,8-10,24H,4,7,11H2,1-3H3,(H,22,25)(H,26,27). The van der Waals surface area contributed by atoms with Gasteiger partial charge in [-0.25, -0.2) is 4.79 Å². The Kier molecular flexibility index (Phi) is 7.25. The number of aliphatic carboxylic acids is 1. The highest BCUT2D eigenvalue weighted by molar-refractivity contribution is 6.37. The van der Waals surface area contributed by atoms with Gasteiger partial charge in [0.05, 0.1) is 5.02 Å². The van der Waals surface area contributed by atoms with E-state index in [4.69, 9.17) is 21.4 Å². The molecule has 0 aliphatic carbocycles. The van der Waals surface area contributed by atoms with E-state index in [0.29, 0.717) is 23.6 Å². The lowest BCUT2D eigenvalue weighted by Gasteiger charge is -2.18. The highest BCUT2D eigenvalue weighted by Gasteiger charge is 2.15. The van der Waals surface area contributed by atoms with Gasteiger partial charge < -0.3 is 25.2 Å². The molecule has 2 aromatic carbocycles. The van der Waals surface area contributed by atoms with E-state index < -0.39 is 11.9 Å². The molecule has 150 valence electrons. The summed E-state index contributed by atoms with van der Waals surface area (Å²) < 4.78 is 5.89. The van der Waals surface area contributed by atoms with Gasteiger partial charge in [-0.1, -0.05) is 18.5 Å². The molecule has 0 saturated carbocycles. The Morgan fingerprint density at radius 2 is 1.96 bits per heavy atom. The molecular weight excluding hydrogens is 384 g/mol. The summed E-state index contributed by atoms with van der Waals surface area (Å²) in [5.74, 6) is -1.66. The van der Waals surface area contributed by atoms with E-state index in [1.165, 1.54) is 6.07 Å². The summed E-state index contributed by atoms with van der Waals surface area (Å²) in [5.41, 5.74) is 1.60. The quantitative estimate of drug-likeness (QED) is 0.601. The van der Waals surface area contributed by atoms with Crippen molar-refractivity contribution in [2.24, 2.45) is 0 Å². The van der Waals surface area contributed by atoms with Gasteiger partial charge in [0.2, 0.25) is 0 Å². The number of anilines is 1. The van der Waals surface area contributed by atoms with Gasteiger partial charge in [0.1, 0.15) is 17.2 Å². The maximum Gasteiger partial charge on any atom is 0.394 e. The van der Waals surface area contributed by atoms with Gasteiger partial charge in [-0.3, -0.25) is 4.79 Å². The lowest BCUT2D eigenvalue weighted by molar-refractivity contribution is -0.147. The molecule has 0 aromatic heterocycles. The molecule has 8 heteroatoms. The first-order valence-corrected chi connectivity index (χ1v) is 9.11. The Hall–Kier alpha value is -2.77. The SMILES string of the molecule is CCCN(C)Cc1cc(Oc2c(C)cc(NC(=O)C(=O)O)cc2Cl)ccc1O. The lowest BCUT2D eigenvalue weighted by Crippen LogP contribution is -2.21. The van der Waals surface area contributed by atoms with Crippen molar-refractivity contribution in [3.63, 3.8) is 0 Å². The fourth-order valence-electron chi connectivity index (χ4n) is 2.74. The fourth-order valence-corrected chi connectivity index (χ4v) is 3.04. The molecule has 0 unspecified atom stereocenters. The number of carboxylic acids is 1. The number of carboxylic acid groups (broad SMARTS) is 1. The maximum atomic E-state index is 11.3. The minimum Gasteiger partial charge on any atom is -0.508 e. The number of rotatable bonds is 7. The zero-order valence-corrected chi connectivity index (χ0v) is 16.7. The number of carbonyl (C=O) groups excluding carboxylic acids is 1. The molecule has 1 amide bonds. The lowest BCUT2D eigenvalue weighted by atomic mass is 10.1. The number of aromatic hydroxyl groups is 1. The van der Waals surface area contributed by atoms with E-state index >= 15 is 0 Å². The van der Waals surface area contributed by atoms with Gasteiger partial charge >= 0.3 is 11.9 Å². The van der Waals surface area contributed by atoms with Crippen LogP contribution in [0.2, 0.25) is 5.02 Å². The van der Waals surface area contributed by atoms with Gasteiger partial charge in [-0.05, 0) is 62.8 Å². The predicted octanol–water partition coefficient (Wildman–Crippen LogP) is 4.01. The highest BCUT2D eigenvalue weighted by atomic mass is 35.5. The van der Waals surface area contributed by atoms with Crippen molar-refractivity contribution >= 4 is 29.2 Å². The van der Waals surface area contributed by atoms with Crippen LogP contribution in [0.1, 0.15) is 24.5 Å². The number of nitrogens with zero attached hydrogens (tertiary/aromatic N) is 1. The molecule has 0 atom stereocenters. The first-order valence-electron chi connectivity index (χ1n) is 8.74. The minimum absolute atomic E-state index is 0.185. The van der Waals surface area contributed by atoms with Crippen molar-refractivity contribution in [3.05, 3.63) is 46.5 Å². The summed E-state index contributed by atoms with van der Waals surface area (Å²) in [6.45, 7) is 5.29. The van der Waals surface area contributed by atoms with Crippen LogP contribution in [0.3, 0.4) is 0 Å². The van der Waals surface area contributed by atoms with Crippen molar-refractivity contribution in [2.75, 3.05) is 18.9 Å². The van der Waals surface area contributed by atoms with Crippen LogP contribution in [0.15, 0.2) is 30.3 Å². The largest absolute Gasteiger partial charge is 0.508 e. The number of aryl methyl sites for hydroxylation is 1. The van der Waals surface area contributed by atoms with Crippen LogP contribution in [0.25, 0.3) is 0 Å². The van der Waals surface area contributed by atoms with Crippen LogP contribution in [0.4, 0.5) is 5.69 Å². The Bertz CT molecular complexity index is 862. The average Bonchev–Trinajstić information content (AvgIpc) is 2.61. The number of halogens is 1. The van der Waals surface area contributed by atoms with Crippen LogP contribution in [0, 0.1) is 6.92 Å². The molecule has 0 aliphatic rings. The first kappa shape index (κ1) is 21.5. The van der Waals surface area contributed by atoms with E-state index in [1.54, 1.807) is 31.2 Å². The zero-order valence-electron chi connectivity index (χ0n) is 16.0. The number of ether oxygens (including phenoxy) is 1. The van der Waals surface area contributed by atoms with Crippen LogP contribution < -0.4 is 10.1 Å². The van der Waals surface area contributed by atoms with E-state index in [9.17, 15) is 14.7 Å². The van der Waals surface area contributed by atoms with Crippen LogP contribution in [-0.2, 0) is 16.1 Å². The molecule has 0 spiro atoms. The summed E-state index contributed by atoms with van der Waals surface area (Å²) in [7, 11) is 1.97. The van der Waals surface area contributed by atoms with Gasteiger partial charge in [0.15, 0.2) is 0 Å². The van der Waals surface area contributed by atoms with Crippen molar-refractivity contribution in [3.8, 4) is 17.2 Å². The van der Waals surface area contributed by atoms with E-state index in [0.717, 1.165) is 18.5 Å². The predicted molar refractivity (Wildman–Crippen MR) is 107 cm³/mol. The molecule has 7 nitrogen and oxygen atoms in total. The van der Waals surface area contributed by atoms with Gasteiger partial charge in [0.25, 0.3) is 0 Å². The monoisotopic (exact) mass is 406 g/mol. The molecule has 0 saturated heterocycles. The van der Waals surface area contributed by atoms with Gasteiger partial charge in [-0.15, -0.1) is 0 Å². The molecule has 0 aliphatic heterocycles. The Morgan fingerprint density at radius 3 is 2.57 bits per heavy atom. The second kappa shape index (κ2) is 9.43. The number of nitrogens with one attached hydrogen (secondary N) is 1. The number of phenolic OH excluding ortho intramolecular Hbond substituents is 1. The van der Waals surface area contributed by atoms with Gasteiger partial charge in [0, 0.05) is 17.8 Å². The number of hydrogen-bond acceptors (Lipinski definition) is 5. The normalized spacial score (nSPS) is 10.8. The third kappa shape index (κ3) is 5.61. The Morgan fingerprint density at radius 1 is 1.25 bits per heavy atom. The molecule has 3 N–H and O–H groups in total. The smallest absolute Gasteiger partial charge is 0.394 e. The summed E-state index contributed by atoms with van der Waals surface area (Å²) in [6.07, 6.45) is 1.01. The number of hydrogen-bond donors (Lipinski definition) is 3. The van der Waals surface area contributed by atoms with Crippen molar-refractivity contribution < 1.29 is 24.5 Å². The van der Waals surface area contributed by atoms with E-state index in [2.05, 4.69) is 17.1 Å². The number of carbonyl (C=O) groups is 2. The van der Waals surface area contributed by atoms with Crippen LogP contribution in [-0.4, -0.2) is 40.6 Å². The average molecular weight is 407 g/mol. The second-order valence-electron chi connectivity index (χ2n) is 6.49. The number of amides is 1. The molecule has 2 aromatic rings. The van der Waals surface area contributed by atoms with Crippen molar-refractivity contribution in [1.29, 1.82) is 0 Å². The zero-order chi connectivity index (χ0) is 20.8. The topological polar surface area (TPSA) is 99.1 Å². The van der Waals surface area contributed by atoms with Crippen LogP contribution in [0.5, 0.6) is 17.2 Å². The third-order valence-corrected chi connectivity index (χ3v) is 4.28. The van der Waals surface area contributed by atoms with Crippen molar-refractivity contribution in [2.45, 2.75) is 26.8 Å². The number of phenols is 1. The Balaban J connectivity index is 2.23. The molecule has 0 fully saturated rings. The molecule has 28 heavy (non-hydrogen) atoms. The maximum absolute atomic E-state index is 11.3. The minimum atomic E-state index is -1.58. The molecule has 2 rings (SSSR count). The summed E-state index contributed by atoms with van der Waals surface area (Å²) in [4.78, 5) is 24.1. The van der Waals surface area contributed by atoms with E-state index in [1.807, 2.05) is 7.05 Å².